The van der Waals surface area contributed by atoms with E-state index in [-0.39, 0.29) is 5.91 Å². The first-order valence-corrected chi connectivity index (χ1v) is 8.60. The average molecular weight is 345 g/mol. The van der Waals surface area contributed by atoms with Gasteiger partial charge in [0.25, 0.3) is 5.91 Å². The molecule has 0 radical (unpaired) electrons. The summed E-state index contributed by atoms with van der Waals surface area (Å²) in [4.78, 5) is 15.5. The van der Waals surface area contributed by atoms with Crippen LogP contribution >= 0.6 is 27.3 Å². The van der Waals surface area contributed by atoms with Crippen molar-refractivity contribution in [3.8, 4) is 0 Å². The van der Waals surface area contributed by atoms with Crippen LogP contribution in [0, 0.1) is 5.92 Å². The van der Waals surface area contributed by atoms with E-state index in [1.54, 1.807) is 0 Å². The van der Waals surface area contributed by atoms with E-state index in [0.29, 0.717) is 18.5 Å². The van der Waals surface area contributed by atoms with Crippen LogP contribution in [0.15, 0.2) is 15.9 Å². The molecule has 2 rings (SSSR count). The molecule has 5 heteroatoms. The summed E-state index contributed by atoms with van der Waals surface area (Å²) in [7, 11) is 0. The van der Waals surface area contributed by atoms with Crippen molar-refractivity contribution >= 4 is 33.2 Å². The molecule has 2 unspecified atom stereocenters. The van der Waals surface area contributed by atoms with Crippen LogP contribution in [0.1, 0.15) is 42.3 Å². The van der Waals surface area contributed by atoms with Gasteiger partial charge in [0.1, 0.15) is 4.88 Å². The zero-order valence-electron chi connectivity index (χ0n) is 11.3. The largest absolute Gasteiger partial charge is 0.335 e. The molecule has 0 bridgehead atoms. The maximum atomic E-state index is 12.7. The lowest BCUT2D eigenvalue weighted by Crippen LogP contribution is -2.47. The summed E-state index contributed by atoms with van der Waals surface area (Å²) in [5, 5.41) is 1.95. The van der Waals surface area contributed by atoms with E-state index in [2.05, 4.69) is 22.9 Å². The van der Waals surface area contributed by atoms with E-state index in [0.717, 1.165) is 28.7 Å². The van der Waals surface area contributed by atoms with Crippen LogP contribution in [0.3, 0.4) is 0 Å². The summed E-state index contributed by atoms with van der Waals surface area (Å²) in [6.45, 7) is 3.49. The maximum Gasteiger partial charge on any atom is 0.265 e. The Balaban J connectivity index is 2.19. The van der Waals surface area contributed by atoms with Gasteiger partial charge in [0, 0.05) is 17.1 Å². The van der Waals surface area contributed by atoms with Gasteiger partial charge in [-0.15, -0.1) is 11.3 Å². The highest BCUT2D eigenvalue weighted by Gasteiger charge is 2.32. The van der Waals surface area contributed by atoms with Gasteiger partial charge in [-0.05, 0) is 59.6 Å². The lowest BCUT2D eigenvalue weighted by molar-refractivity contribution is 0.0564. The lowest BCUT2D eigenvalue weighted by atomic mass is 9.83. The van der Waals surface area contributed by atoms with Gasteiger partial charge in [0.05, 0.1) is 0 Å². The molecule has 1 aliphatic carbocycles. The summed E-state index contributed by atoms with van der Waals surface area (Å²) < 4.78 is 0.904. The third-order valence-corrected chi connectivity index (χ3v) is 5.81. The van der Waals surface area contributed by atoms with E-state index in [4.69, 9.17) is 5.73 Å². The van der Waals surface area contributed by atoms with Crippen molar-refractivity contribution in [2.45, 2.75) is 38.6 Å². The lowest BCUT2D eigenvalue weighted by Gasteiger charge is -2.39. The number of carbonyl (C=O) groups excluding carboxylic acids is 1. The smallest absolute Gasteiger partial charge is 0.265 e. The van der Waals surface area contributed by atoms with E-state index in [1.165, 1.54) is 24.2 Å². The minimum absolute atomic E-state index is 0.148. The van der Waals surface area contributed by atoms with Crippen molar-refractivity contribution in [3.63, 3.8) is 0 Å². The van der Waals surface area contributed by atoms with Gasteiger partial charge < -0.3 is 10.6 Å². The third-order valence-electron chi connectivity index (χ3n) is 3.99. The highest BCUT2D eigenvalue weighted by atomic mass is 79.9. The molecule has 1 aliphatic rings. The van der Waals surface area contributed by atoms with Crippen LogP contribution in [0.2, 0.25) is 0 Å². The van der Waals surface area contributed by atoms with Crippen molar-refractivity contribution in [3.05, 3.63) is 20.8 Å². The number of hydrogen-bond acceptors (Lipinski definition) is 3. The Bertz CT molecular complexity index is 435. The molecule has 2 atom stereocenters. The Labute approximate surface area is 127 Å². The first-order valence-electron chi connectivity index (χ1n) is 6.93. The Kier molecular flexibility index (Phi) is 5.42. The summed E-state index contributed by atoms with van der Waals surface area (Å²) in [6.07, 6.45) is 4.68. The van der Waals surface area contributed by atoms with E-state index >= 15 is 0 Å². The van der Waals surface area contributed by atoms with E-state index < -0.39 is 0 Å². The Hall–Kier alpha value is -0.390. The van der Waals surface area contributed by atoms with Gasteiger partial charge in [0.15, 0.2) is 0 Å². The monoisotopic (exact) mass is 344 g/mol. The highest BCUT2D eigenvalue weighted by molar-refractivity contribution is 9.10. The number of carbonyl (C=O) groups is 1. The summed E-state index contributed by atoms with van der Waals surface area (Å²) >= 11 is 4.96. The minimum Gasteiger partial charge on any atom is -0.335 e. The zero-order valence-corrected chi connectivity index (χ0v) is 13.7. The van der Waals surface area contributed by atoms with Crippen LogP contribution in [0.5, 0.6) is 0 Å². The normalized spacial score (nSPS) is 23.3. The van der Waals surface area contributed by atoms with Crippen molar-refractivity contribution in [1.29, 1.82) is 0 Å². The number of nitrogens with zero attached hydrogens (tertiary/aromatic N) is 1. The number of thiophene rings is 1. The molecule has 0 aliphatic heterocycles. The molecule has 1 aromatic heterocycles. The SMILES string of the molecule is CCN(C(=O)c1sccc1Br)C1CCCCC1CN. The molecule has 19 heavy (non-hydrogen) atoms. The number of halogens is 1. The standard InChI is InChI=1S/C14H21BrN2OS/c1-2-17(12-6-4-3-5-10(12)9-16)14(18)13-11(15)7-8-19-13/h7-8,10,12H,2-6,9,16H2,1H3. The summed E-state index contributed by atoms with van der Waals surface area (Å²) in [5.74, 6) is 0.603. The molecular weight excluding hydrogens is 324 g/mol. The molecular formula is C14H21BrN2OS. The minimum atomic E-state index is 0.148. The highest BCUT2D eigenvalue weighted by Crippen LogP contribution is 2.31. The van der Waals surface area contributed by atoms with Crippen molar-refractivity contribution in [2.24, 2.45) is 11.7 Å². The van der Waals surface area contributed by atoms with E-state index in [1.807, 2.05) is 16.3 Å². The fourth-order valence-corrected chi connectivity index (χ4v) is 4.47. The second kappa shape index (κ2) is 6.86. The average Bonchev–Trinajstić information content (AvgIpc) is 2.86. The molecule has 1 saturated carbocycles. The number of nitrogens with two attached hydrogens (primary N) is 1. The second-order valence-corrected chi connectivity index (χ2v) is 6.81. The van der Waals surface area contributed by atoms with Crippen molar-refractivity contribution < 1.29 is 4.79 Å². The molecule has 3 nitrogen and oxygen atoms in total. The van der Waals surface area contributed by atoms with E-state index in [9.17, 15) is 4.79 Å². The van der Waals surface area contributed by atoms with Gasteiger partial charge in [-0.25, -0.2) is 0 Å². The molecule has 1 heterocycles. The Morgan fingerprint density at radius 2 is 2.26 bits per heavy atom. The topological polar surface area (TPSA) is 46.3 Å². The third kappa shape index (κ3) is 3.20. The molecule has 1 aromatic rings. The van der Waals surface area contributed by atoms with Gasteiger partial charge in [0.2, 0.25) is 0 Å². The van der Waals surface area contributed by atoms with Gasteiger partial charge in [-0.3, -0.25) is 4.79 Å². The zero-order chi connectivity index (χ0) is 13.8. The van der Waals surface area contributed by atoms with Gasteiger partial charge in [-0.2, -0.15) is 0 Å². The van der Waals surface area contributed by atoms with Crippen LogP contribution in [-0.4, -0.2) is 29.9 Å². The van der Waals surface area contributed by atoms with Crippen LogP contribution in [0.4, 0.5) is 0 Å². The summed E-state index contributed by atoms with van der Waals surface area (Å²) in [5.41, 5.74) is 5.89. The van der Waals surface area contributed by atoms with Gasteiger partial charge >= 0.3 is 0 Å². The number of amides is 1. The molecule has 106 valence electrons. The molecule has 1 amide bonds. The van der Waals surface area contributed by atoms with Crippen LogP contribution < -0.4 is 5.73 Å². The van der Waals surface area contributed by atoms with Crippen LogP contribution in [0.25, 0.3) is 0 Å². The predicted octanol–water partition coefficient (Wildman–Crippen LogP) is 3.49. The maximum absolute atomic E-state index is 12.7. The summed E-state index contributed by atoms with van der Waals surface area (Å²) in [6, 6.07) is 2.25. The van der Waals surface area contributed by atoms with Crippen molar-refractivity contribution in [2.75, 3.05) is 13.1 Å². The fourth-order valence-electron chi connectivity index (χ4n) is 2.98. The first kappa shape index (κ1) is 15.0. The molecule has 0 spiro atoms. The Morgan fingerprint density at radius 1 is 1.53 bits per heavy atom. The predicted molar refractivity (Wildman–Crippen MR) is 83.5 cm³/mol. The molecule has 1 fully saturated rings. The second-order valence-electron chi connectivity index (χ2n) is 5.04. The van der Waals surface area contributed by atoms with Crippen LogP contribution in [-0.2, 0) is 0 Å². The van der Waals surface area contributed by atoms with Gasteiger partial charge in [-0.1, -0.05) is 12.8 Å². The Morgan fingerprint density at radius 3 is 2.84 bits per heavy atom. The number of rotatable bonds is 4. The first-order chi connectivity index (χ1) is 9.19. The number of hydrogen-bond donors (Lipinski definition) is 1. The molecule has 0 saturated heterocycles. The fraction of sp³-hybridized carbons (Fsp3) is 0.643. The quantitative estimate of drug-likeness (QED) is 0.908. The molecule has 2 N–H and O–H groups in total. The van der Waals surface area contributed by atoms with Crippen molar-refractivity contribution in [1.82, 2.24) is 4.90 Å². The molecule has 0 aromatic carbocycles.